The van der Waals surface area contributed by atoms with E-state index in [0.29, 0.717) is 11.3 Å². The number of benzene rings is 1. The molecular weight excluding hydrogens is 294 g/mol. The van der Waals surface area contributed by atoms with Crippen molar-refractivity contribution >= 4 is 15.8 Å². The highest BCUT2D eigenvalue weighted by Gasteiger charge is 2.73. The van der Waals surface area contributed by atoms with E-state index >= 15 is 0 Å². The smallest absolute Gasteiger partial charge is 0.328 e. The predicted molar refractivity (Wildman–Crippen MR) is 77.9 cm³/mol. The standard InChI is InChI=1S/C14H19NO5S/c1-4-20-13(16)14(15)11(12(14)21(3,17)18)9-5-7-10(19-2)8-6-9/h5-8,11-12H,4,15H2,1-3H3/t11-,12+,14-/m0/s1. The van der Waals surface area contributed by atoms with Gasteiger partial charge in [-0.25, -0.2) is 13.2 Å². The Morgan fingerprint density at radius 1 is 1.33 bits per heavy atom. The van der Waals surface area contributed by atoms with Crippen molar-refractivity contribution in [2.45, 2.75) is 23.6 Å². The summed E-state index contributed by atoms with van der Waals surface area (Å²) in [5, 5.41) is -0.961. The molecule has 0 unspecified atom stereocenters. The Hall–Kier alpha value is -1.60. The number of sulfone groups is 1. The van der Waals surface area contributed by atoms with Crippen LogP contribution in [0.25, 0.3) is 0 Å². The van der Waals surface area contributed by atoms with Crippen LogP contribution in [0.2, 0.25) is 0 Å². The Balaban J connectivity index is 2.38. The summed E-state index contributed by atoms with van der Waals surface area (Å²) >= 11 is 0. The Morgan fingerprint density at radius 3 is 2.33 bits per heavy atom. The van der Waals surface area contributed by atoms with Crippen molar-refractivity contribution in [2.75, 3.05) is 20.0 Å². The minimum absolute atomic E-state index is 0.156. The van der Waals surface area contributed by atoms with Crippen molar-refractivity contribution in [3.8, 4) is 5.75 Å². The van der Waals surface area contributed by atoms with E-state index in [1.807, 2.05) is 0 Å². The van der Waals surface area contributed by atoms with Gasteiger partial charge in [-0.05, 0) is 24.6 Å². The molecule has 0 saturated heterocycles. The first-order valence-corrected chi connectivity index (χ1v) is 8.51. The lowest BCUT2D eigenvalue weighted by Gasteiger charge is -2.10. The number of ether oxygens (including phenoxy) is 2. The highest BCUT2D eigenvalue weighted by atomic mass is 32.2. The molecule has 0 spiro atoms. The maximum absolute atomic E-state index is 12.1. The van der Waals surface area contributed by atoms with Gasteiger partial charge in [-0.15, -0.1) is 0 Å². The molecule has 116 valence electrons. The summed E-state index contributed by atoms with van der Waals surface area (Å²) in [5.41, 5.74) is 5.23. The molecule has 1 saturated carbocycles. The highest BCUT2D eigenvalue weighted by molar-refractivity contribution is 7.91. The average Bonchev–Trinajstić information content (AvgIpc) is 3.07. The third kappa shape index (κ3) is 2.63. The van der Waals surface area contributed by atoms with Crippen LogP contribution < -0.4 is 10.5 Å². The molecule has 2 rings (SSSR count). The van der Waals surface area contributed by atoms with Crippen LogP contribution in [-0.4, -0.2) is 45.1 Å². The van der Waals surface area contributed by atoms with E-state index in [4.69, 9.17) is 15.2 Å². The largest absolute Gasteiger partial charge is 0.497 e. The second kappa shape index (κ2) is 5.31. The van der Waals surface area contributed by atoms with Gasteiger partial charge in [0.05, 0.1) is 19.0 Å². The lowest BCUT2D eigenvalue weighted by atomic mass is 10.1. The number of carbonyl (C=O) groups is 1. The predicted octanol–water partition coefficient (Wildman–Crippen LogP) is 0.466. The van der Waals surface area contributed by atoms with Gasteiger partial charge < -0.3 is 15.2 Å². The number of hydrogen-bond acceptors (Lipinski definition) is 6. The second-order valence-electron chi connectivity index (χ2n) is 5.15. The van der Waals surface area contributed by atoms with Crippen molar-refractivity contribution in [3.63, 3.8) is 0 Å². The molecule has 0 radical (unpaired) electrons. The Labute approximate surface area is 124 Å². The average molecular weight is 313 g/mol. The Morgan fingerprint density at radius 2 is 1.90 bits per heavy atom. The first kappa shape index (κ1) is 15.8. The van der Waals surface area contributed by atoms with Crippen LogP contribution in [0.4, 0.5) is 0 Å². The molecule has 1 aromatic carbocycles. The topological polar surface area (TPSA) is 95.7 Å². The van der Waals surface area contributed by atoms with Crippen LogP contribution in [0, 0.1) is 0 Å². The van der Waals surface area contributed by atoms with Crippen molar-refractivity contribution < 1.29 is 22.7 Å². The molecule has 0 aromatic heterocycles. The van der Waals surface area contributed by atoms with Gasteiger partial charge in [-0.3, -0.25) is 0 Å². The van der Waals surface area contributed by atoms with Crippen LogP contribution >= 0.6 is 0 Å². The van der Waals surface area contributed by atoms with Gasteiger partial charge in [0.15, 0.2) is 9.84 Å². The van der Waals surface area contributed by atoms with Gasteiger partial charge in [-0.1, -0.05) is 12.1 Å². The quantitative estimate of drug-likeness (QED) is 0.794. The molecule has 6 nitrogen and oxygen atoms in total. The van der Waals surface area contributed by atoms with E-state index in [-0.39, 0.29) is 6.61 Å². The molecular formula is C14H19NO5S. The van der Waals surface area contributed by atoms with E-state index in [2.05, 4.69) is 0 Å². The fourth-order valence-corrected chi connectivity index (χ4v) is 4.49. The minimum atomic E-state index is -3.47. The first-order chi connectivity index (χ1) is 9.76. The summed E-state index contributed by atoms with van der Waals surface area (Å²) in [5.74, 6) is -0.632. The Kier molecular flexibility index (Phi) is 3.99. The zero-order chi connectivity index (χ0) is 15.8. The molecule has 0 aliphatic heterocycles. The third-order valence-electron chi connectivity index (χ3n) is 3.74. The number of hydrogen-bond donors (Lipinski definition) is 1. The van der Waals surface area contributed by atoms with Gasteiger partial charge in [0.1, 0.15) is 11.3 Å². The summed E-state index contributed by atoms with van der Waals surface area (Å²) in [6.45, 7) is 1.81. The molecule has 21 heavy (non-hydrogen) atoms. The molecule has 1 aliphatic carbocycles. The maximum Gasteiger partial charge on any atom is 0.328 e. The van der Waals surface area contributed by atoms with Crippen molar-refractivity contribution in [1.29, 1.82) is 0 Å². The van der Waals surface area contributed by atoms with Crippen LogP contribution in [0.1, 0.15) is 18.4 Å². The monoisotopic (exact) mass is 313 g/mol. The molecule has 0 amide bonds. The second-order valence-corrected chi connectivity index (χ2v) is 7.32. The van der Waals surface area contributed by atoms with Gasteiger partial charge >= 0.3 is 5.97 Å². The SMILES string of the molecule is CCOC(=O)[C@@]1(N)[C@H](S(C)(=O)=O)[C@@H]1c1ccc(OC)cc1. The Bertz CT molecular complexity index is 640. The van der Waals surface area contributed by atoms with E-state index in [0.717, 1.165) is 6.26 Å². The number of methoxy groups -OCH3 is 1. The van der Waals surface area contributed by atoms with E-state index in [1.54, 1.807) is 31.2 Å². The number of rotatable bonds is 5. The summed E-state index contributed by atoms with van der Waals surface area (Å²) in [6, 6.07) is 6.85. The van der Waals surface area contributed by atoms with Crippen molar-refractivity contribution in [2.24, 2.45) is 5.73 Å². The van der Waals surface area contributed by atoms with E-state index in [9.17, 15) is 13.2 Å². The normalized spacial score (nSPS) is 28.0. The third-order valence-corrected chi connectivity index (χ3v) is 5.33. The number of esters is 1. The lowest BCUT2D eigenvalue weighted by molar-refractivity contribution is -0.145. The minimum Gasteiger partial charge on any atom is -0.497 e. The number of nitrogens with two attached hydrogens (primary N) is 1. The molecule has 3 atom stereocenters. The van der Waals surface area contributed by atoms with Gasteiger partial charge in [0.2, 0.25) is 0 Å². The van der Waals surface area contributed by atoms with Crippen LogP contribution in [0.5, 0.6) is 5.75 Å². The fourth-order valence-electron chi connectivity index (χ4n) is 2.74. The van der Waals surface area contributed by atoms with Crippen LogP contribution in [-0.2, 0) is 19.4 Å². The van der Waals surface area contributed by atoms with Gasteiger partial charge in [0.25, 0.3) is 0 Å². The summed E-state index contributed by atoms with van der Waals surface area (Å²) in [6.07, 6.45) is 1.09. The van der Waals surface area contributed by atoms with Crippen LogP contribution in [0.15, 0.2) is 24.3 Å². The zero-order valence-corrected chi connectivity index (χ0v) is 13.0. The number of carbonyl (C=O) groups excluding carboxylic acids is 1. The van der Waals surface area contributed by atoms with Gasteiger partial charge in [-0.2, -0.15) is 0 Å². The molecule has 2 N–H and O–H groups in total. The van der Waals surface area contributed by atoms with E-state index < -0.39 is 32.5 Å². The summed E-state index contributed by atoms with van der Waals surface area (Å²) in [4.78, 5) is 12.1. The molecule has 0 heterocycles. The zero-order valence-electron chi connectivity index (χ0n) is 12.2. The highest BCUT2D eigenvalue weighted by Crippen LogP contribution is 2.54. The molecule has 1 aliphatic rings. The summed E-state index contributed by atoms with van der Waals surface area (Å²) < 4.78 is 33.8. The van der Waals surface area contributed by atoms with Crippen molar-refractivity contribution in [1.82, 2.24) is 0 Å². The molecule has 0 bridgehead atoms. The van der Waals surface area contributed by atoms with Gasteiger partial charge in [0, 0.05) is 12.2 Å². The van der Waals surface area contributed by atoms with Crippen LogP contribution in [0.3, 0.4) is 0 Å². The molecule has 7 heteroatoms. The fraction of sp³-hybridized carbons (Fsp3) is 0.500. The molecule has 1 fully saturated rings. The molecule has 1 aromatic rings. The maximum atomic E-state index is 12.1. The van der Waals surface area contributed by atoms with E-state index in [1.165, 1.54) is 7.11 Å². The summed E-state index contributed by atoms with van der Waals surface area (Å²) in [7, 11) is -1.93. The first-order valence-electron chi connectivity index (χ1n) is 6.55. The van der Waals surface area contributed by atoms with Crippen molar-refractivity contribution in [3.05, 3.63) is 29.8 Å². The lowest BCUT2D eigenvalue weighted by Crippen LogP contribution is -2.41.